The van der Waals surface area contributed by atoms with Gasteiger partial charge in [0, 0.05) is 11.6 Å². The highest BCUT2D eigenvalue weighted by Crippen LogP contribution is 2.14. The molecule has 1 N–H and O–H groups in total. The first-order chi connectivity index (χ1) is 12.0. The van der Waals surface area contributed by atoms with Crippen LogP contribution in [0.2, 0.25) is 0 Å². The van der Waals surface area contributed by atoms with Gasteiger partial charge >= 0.3 is 5.97 Å². The van der Waals surface area contributed by atoms with Crippen LogP contribution in [0.15, 0.2) is 30.3 Å². The van der Waals surface area contributed by atoms with Gasteiger partial charge in [0.05, 0.1) is 6.61 Å². The summed E-state index contributed by atoms with van der Waals surface area (Å²) in [6.45, 7) is 10.4. The Kier molecular flexibility index (Phi) is 9.93. The lowest BCUT2D eigenvalue weighted by Gasteiger charge is -2.25. The van der Waals surface area contributed by atoms with Gasteiger partial charge in [-0.05, 0) is 57.0 Å². The minimum absolute atomic E-state index is 0.212. The Morgan fingerprint density at radius 1 is 1.12 bits per heavy atom. The maximum atomic E-state index is 11.9. The molecule has 0 radical (unpaired) electrons. The molecular weight excluding hydrogens is 314 g/mol. The quantitative estimate of drug-likeness (QED) is 0.341. The molecule has 1 aromatic rings. The molecule has 0 amide bonds. The number of benzene rings is 1. The van der Waals surface area contributed by atoms with Gasteiger partial charge in [-0.25, -0.2) is 4.79 Å². The highest BCUT2D eigenvalue weighted by atomic mass is 16.5. The summed E-state index contributed by atoms with van der Waals surface area (Å²) in [4.78, 5) is 11.9. The van der Waals surface area contributed by atoms with Crippen LogP contribution < -0.4 is 10.1 Å². The predicted molar refractivity (Wildman–Crippen MR) is 104 cm³/mol. The molecule has 0 aliphatic heterocycles. The van der Waals surface area contributed by atoms with Crippen LogP contribution in [0.3, 0.4) is 0 Å². The van der Waals surface area contributed by atoms with Crippen molar-refractivity contribution in [3.05, 3.63) is 35.9 Å². The van der Waals surface area contributed by atoms with Crippen LogP contribution in [0.4, 0.5) is 0 Å². The van der Waals surface area contributed by atoms with Crippen molar-refractivity contribution in [2.75, 3.05) is 19.8 Å². The highest BCUT2D eigenvalue weighted by Gasteiger charge is 2.18. The first-order valence-corrected chi connectivity index (χ1v) is 9.29. The summed E-state index contributed by atoms with van der Waals surface area (Å²) in [6, 6.07) is 7.70. The minimum Gasteiger partial charge on any atom is -0.494 e. The number of unbranched alkanes of at least 4 members (excludes halogenated alkanes) is 2. The van der Waals surface area contributed by atoms with Crippen LogP contribution in [0.1, 0.15) is 58.9 Å². The first-order valence-electron chi connectivity index (χ1n) is 9.29. The standard InChI is InChI=1S/C21H33NO3/c1-5-7-15-22-21(3,4)17-25-20(23)14-11-18-9-12-19(13-10-18)24-16-8-6-2/h9-14,22H,5-8,15-17H2,1-4H3. The SMILES string of the molecule is CCCCNC(C)(C)COC(=O)C=Cc1ccc(OCCCC)cc1. The van der Waals surface area contributed by atoms with Crippen molar-refractivity contribution in [3.8, 4) is 5.75 Å². The van der Waals surface area contributed by atoms with Gasteiger partial charge in [-0.1, -0.05) is 38.8 Å². The molecule has 140 valence electrons. The zero-order chi connectivity index (χ0) is 18.5. The lowest BCUT2D eigenvalue weighted by molar-refractivity contribution is -0.139. The van der Waals surface area contributed by atoms with E-state index in [2.05, 4.69) is 19.2 Å². The van der Waals surface area contributed by atoms with Gasteiger partial charge in [0.1, 0.15) is 12.4 Å². The number of ether oxygens (including phenoxy) is 2. The van der Waals surface area contributed by atoms with Gasteiger partial charge in [-0.15, -0.1) is 0 Å². The van der Waals surface area contributed by atoms with Crippen molar-refractivity contribution in [2.24, 2.45) is 0 Å². The molecule has 0 atom stereocenters. The maximum Gasteiger partial charge on any atom is 0.330 e. The average molecular weight is 347 g/mol. The van der Waals surface area contributed by atoms with Crippen LogP contribution in [0, 0.1) is 0 Å². The summed E-state index contributed by atoms with van der Waals surface area (Å²) in [6.07, 6.45) is 7.67. The zero-order valence-corrected chi connectivity index (χ0v) is 16.1. The Balaban J connectivity index is 2.38. The van der Waals surface area contributed by atoms with Crippen molar-refractivity contribution in [1.82, 2.24) is 5.32 Å². The normalized spacial score (nSPS) is 11.7. The van der Waals surface area contributed by atoms with E-state index in [9.17, 15) is 4.79 Å². The van der Waals surface area contributed by atoms with Crippen LogP contribution in [0.5, 0.6) is 5.75 Å². The molecule has 25 heavy (non-hydrogen) atoms. The van der Waals surface area contributed by atoms with E-state index in [0.29, 0.717) is 6.61 Å². The Hall–Kier alpha value is -1.81. The van der Waals surface area contributed by atoms with Crippen LogP contribution in [-0.2, 0) is 9.53 Å². The molecule has 0 saturated heterocycles. The van der Waals surface area contributed by atoms with E-state index in [1.54, 1.807) is 6.08 Å². The molecule has 0 unspecified atom stereocenters. The van der Waals surface area contributed by atoms with E-state index >= 15 is 0 Å². The van der Waals surface area contributed by atoms with Gasteiger partial charge in [0.25, 0.3) is 0 Å². The number of rotatable bonds is 12. The molecular formula is C21H33NO3. The van der Waals surface area contributed by atoms with Crippen molar-refractivity contribution in [3.63, 3.8) is 0 Å². The maximum absolute atomic E-state index is 11.9. The van der Waals surface area contributed by atoms with Gasteiger partial charge in [0.2, 0.25) is 0 Å². The molecule has 1 aromatic carbocycles. The van der Waals surface area contributed by atoms with E-state index in [4.69, 9.17) is 9.47 Å². The second-order valence-electron chi connectivity index (χ2n) is 6.88. The van der Waals surface area contributed by atoms with E-state index in [-0.39, 0.29) is 11.5 Å². The monoisotopic (exact) mass is 347 g/mol. The Bertz CT molecular complexity index is 520. The average Bonchev–Trinajstić information content (AvgIpc) is 2.60. The molecule has 0 heterocycles. The summed E-state index contributed by atoms with van der Waals surface area (Å²) in [5.74, 6) is 0.529. The Morgan fingerprint density at radius 3 is 2.44 bits per heavy atom. The predicted octanol–water partition coefficient (Wildman–Crippen LogP) is 4.59. The second-order valence-corrected chi connectivity index (χ2v) is 6.88. The fraction of sp³-hybridized carbons (Fsp3) is 0.571. The third-order valence-electron chi connectivity index (χ3n) is 3.77. The summed E-state index contributed by atoms with van der Waals surface area (Å²) in [5.41, 5.74) is 0.732. The summed E-state index contributed by atoms with van der Waals surface area (Å²) >= 11 is 0. The minimum atomic E-state index is -0.325. The van der Waals surface area contributed by atoms with Crippen molar-refractivity contribution in [2.45, 2.75) is 58.9 Å². The number of hydrogen-bond acceptors (Lipinski definition) is 4. The van der Waals surface area contributed by atoms with E-state index in [1.807, 2.05) is 38.1 Å². The number of carbonyl (C=O) groups is 1. The lowest BCUT2D eigenvalue weighted by Crippen LogP contribution is -2.44. The molecule has 0 fully saturated rings. The molecule has 0 spiro atoms. The number of carbonyl (C=O) groups excluding carboxylic acids is 1. The third kappa shape index (κ3) is 9.92. The molecule has 0 aromatic heterocycles. The van der Waals surface area contributed by atoms with Crippen molar-refractivity contribution < 1.29 is 14.3 Å². The van der Waals surface area contributed by atoms with Gasteiger partial charge in [-0.3, -0.25) is 0 Å². The molecule has 1 rings (SSSR count). The van der Waals surface area contributed by atoms with E-state index in [0.717, 1.165) is 50.1 Å². The molecule has 0 bridgehead atoms. The van der Waals surface area contributed by atoms with Gasteiger partial charge < -0.3 is 14.8 Å². The highest BCUT2D eigenvalue weighted by molar-refractivity contribution is 5.87. The van der Waals surface area contributed by atoms with Gasteiger partial charge in [-0.2, -0.15) is 0 Å². The van der Waals surface area contributed by atoms with E-state index < -0.39 is 0 Å². The van der Waals surface area contributed by atoms with Crippen LogP contribution in [0.25, 0.3) is 6.08 Å². The summed E-state index contributed by atoms with van der Waals surface area (Å²) in [7, 11) is 0. The molecule has 0 aliphatic carbocycles. The lowest BCUT2D eigenvalue weighted by atomic mass is 10.1. The fourth-order valence-corrected chi connectivity index (χ4v) is 2.13. The molecule has 4 heteroatoms. The Labute approximate surface area is 152 Å². The van der Waals surface area contributed by atoms with Gasteiger partial charge in [0.15, 0.2) is 0 Å². The fourth-order valence-electron chi connectivity index (χ4n) is 2.13. The topological polar surface area (TPSA) is 47.6 Å². The van der Waals surface area contributed by atoms with Crippen molar-refractivity contribution in [1.29, 1.82) is 0 Å². The molecule has 0 saturated carbocycles. The van der Waals surface area contributed by atoms with Crippen molar-refractivity contribution >= 4 is 12.0 Å². The third-order valence-corrected chi connectivity index (χ3v) is 3.77. The molecule has 0 aliphatic rings. The Morgan fingerprint density at radius 2 is 1.80 bits per heavy atom. The zero-order valence-electron chi connectivity index (χ0n) is 16.1. The number of hydrogen-bond donors (Lipinski definition) is 1. The largest absolute Gasteiger partial charge is 0.494 e. The summed E-state index contributed by atoms with van der Waals surface area (Å²) in [5, 5.41) is 3.40. The number of esters is 1. The van der Waals surface area contributed by atoms with Crippen LogP contribution in [-0.4, -0.2) is 31.3 Å². The van der Waals surface area contributed by atoms with Crippen LogP contribution >= 0.6 is 0 Å². The second kappa shape index (κ2) is 11.7. The smallest absolute Gasteiger partial charge is 0.330 e. The number of nitrogens with one attached hydrogen (secondary N) is 1. The molecule has 4 nitrogen and oxygen atoms in total. The first kappa shape index (κ1) is 21.2. The summed E-state index contributed by atoms with van der Waals surface area (Å²) < 4.78 is 11.0. The van der Waals surface area contributed by atoms with E-state index in [1.165, 1.54) is 6.08 Å².